The fourth-order valence-corrected chi connectivity index (χ4v) is 3.04. The van der Waals surface area contributed by atoms with Crippen molar-refractivity contribution in [1.82, 2.24) is 30.0 Å². The Hall–Kier alpha value is -2.28. The van der Waals surface area contributed by atoms with E-state index in [1.54, 1.807) is 6.20 Å². The van der Waals surface area contributed by atoms with E-state index in [2.05, 4.69) is 30.0 Å². The minimum Gasteiger partial charge on any atom is -0.353 e. The fourth-order valence-electron chi connectivity index (χ4n) is 3.04. The summed E-state index contributed by atoms with van der Waals surface area (Å²) in [6.07, 6.45) is 3.88. The zero-order valence-corrected chi connectivity index (χ0v) is 14.4. The lowest BCUT2D eigenvalue weighted by atomic mass is 9.79. The summed E-state index contributed by atoms with van der Waals surface area (Å²) in [6, 6.07) is 5.84. The topological polar surface area (TPSA) is 75.9 Å². The zero-order chi connectivity index (χ0) is 17.1. The first kappa shape index (κ1) is 16.6. The Morgan fingerprint density at radius 1 is 1.33 bits per heavy atom. The van der Waals surface area contributed by atoms with Crippen LogP contribution in [0.3, 0.4) is 0 Å². The van der Waals surface area contributed by atoms with Gasteiger partial charge in [-0.05, 0) is 39.1 Å². The summed E-state index contributed by atoms with van der Waals surface area (Å²) in [5.74, 6) is 2.39. The molecule has 2 heterocycles. The highest BCUT2D eigenvalue weighted by molar-refractivity contribution is 5.78. The van der Waals surface area contributed by atoms with Crippen LogP contribution in [0.1, 0.15) is 36.1 Å². The Morgan fingerprint density at radius 3 is 2.79 bits per heavy atom. The molecule has 1 amide bonds. The highest BCUT2D eigenvalue weighted by Gasteiger charge is 2.34. The van der Waals surface area contributed by atoms with Crippen LogP contribution < -0.4 is 5.32 Å². The van der Waals surface area contributed by atoms with Gasteiger partial charge in [0, 0.05) is 30.9 Å². The van der Waals surface area contributed by atoms with E-state index in [9.17, 15) is 4.79 Å². The maximum atomic E-state index is 12.1. The number of amides is 1. The summed E-state index contributed by atoms with van der Waals surface area (Å²) >= 11 is 0. The number of aromatic nitrogens is 4. The third kappa shape index (κ3) is 3.79. The van der Waals surface area contributed by atoms with Gasteiger partial charge in [-0.1, -0.05) is 6.07 Å². The number of carbonyl (C=O) groups is 1. The van der Waals surface area contributed by atoms with Crippen molar-refractivity contribution < 1.29 is 4.79 Å². The van der Waals surface area contributed by atoms with Crippen molar-refractivity contribution in [2.45, 2.75) is 37.8 Å². The first-order chi connectivity index (χ1) is 11.5. The zero-order valence-electron chi connectivity index (χ0n) is 14.4. The third-order valence-electron chi connectivity index (χ3n) is 4.39. The van der Waals surface area contributed by atoms with Gasteiger partial charge in [-0.3, -0.25) is 9.78 Å². The van der Waals surface area contributed by atoms with Gasteiger partial charge in [0.25, 0.3) is 0 Å². The van der Waals surface area contributed by atoms with Gasteiger partial charge in [0.1, 0.15) is 11.6 Å². The fraction of sp³-hybridized carbons (Fsp3) is 0.529. The van der Waals surface area contributed by atoms with Gasteiger partial charge in [0.15, 0.2) is 0 Å². The van der Waals surface area contributed by atoms with E-state index in [1.807, 2.05) is 39.3 Å². The Bertz CT molecular complexity index is 690. The van der Waals surface area contributed by atoms with Gasteiger partial charge in [0.2, 0.25) is 5.91 Å². The van der Waals surface area contributed by atoms with Crippen LogP contribution >= 0.6 is 0 Å². The highest BCUT2D eigenvalue weighted by atomic mass is 16.1. The van der Waals surface area contributed by atoms with Crippen molar-refractivity contribution in [1.29, 1.82) is 0 Å². The minimum atomic E-state index is 0.0309. The number of nitrogens with one attached hydrogen (secondary N) is 1. The number of carbonyl (C=O) groups excluding carboxylic acids is 1. The van der Waals surface area contributed by atoms with Crippen LogP contribution in [0.5, 0.6) is 0 Å². The average Bonchev–Trinajstić information content (AvgIpc) is 2.84. The maximum absolute atomic E-state index is 12.1. The summed E-state index contributed by atoms with van der Waals surface area (Å²) in [7, 11) is 6.05. The van der Waals surface area contributed by atoms with Crippen molar-refractivity contribution in [3.05, 3.63) is 41.7 Å². The van der Waals surface area contributed by atoms with Crippen molar-refractivity contribution in [3.63, 3.8) is 0 Å². The molecule has 1 fully saturated rings. The SMILES string of the molecule is CN(C)Cc1nnc(C2CC(NC(=O)Cc3ccccn3)C2)n1C. The van der Waals surface area contributed by atoms with Crippen molar-refractivity contribution in [2.75, 3.05) is 14.1 Å². The largest absolute Gasteiger partial charge is 0.353 e. The number of hydrogen-bond acceptors (Lipinski definition) is 5. The predicted octanol–water partition coefficient (Wildman–Crippen LogP) is 0.877. The lowest BCUT2D eigenvalue weighted by Crippen LogP contribution is -2.44. The summed E-state index contributed by atoms with van der Waals surface area (Å²) < 4.78 is 2.08. The van der Waals surface area contributed by atoms with Gasteiger partial charge in [0.05, 0.1) is 13.0 Å². The molecule has 0 unspecified atom stereocenters. The molecule has 0 radical (unpaired) electrons. The molecule has 3 rings (SSSR count). The van der Waals surface area contributed by atoms with Crippen LogP contribution in [0.2, 0.25) is 0 Å². The molecule has 0 bridgehead atoms. The smallest absolute Gasteiger partial charge is 0.226 e. The molecule has 1 aliphatic rings. The molecule has 7 heteroatoms. The Labute approximate surface area is 142 Å². The molecule has 0 atom stereocenters. The molecule has 2 aromatic rings. The number of nitrogens with zero attached hydrogens (tertiary/aromatic N) is 5. The van der Waals surface area contributed by atoms with Crippen molar-refractivity contribution in [3.8, 4) is 0 Å². The highest BCUT2D eigenvalue weighted by Crippen LogP contribution is 2.35. The molecule has 0 saturated heterocycles. The maximum Gasteiger partial charge on any atom is 0.226 e. The summed E-state index contributed by atoms with van der Waals surface area (Å²) in [5, 5.41) is 11.7. The molecular weight excluding hydrogens is 304 g/mol. The lowest BCUT2D eigenvalue weighted by molar-refractivity contribution is -0.121. The van der Waals surface area contributed by atoms with Crippen LogP contribution in [0.15, 0.2) is 24.4 Å². The molecule has 7 nitrogen and oxygen atoms in total. The molecular formula is C17H24N6O. The van der Waals surface area contributed by atoms with Crippen molar-refractivity contribution in [2.24, 2.45) is 7.05 Å². The summed E-state index contributed by atoms with van der Waals surface area (Å²) in [6.45, 7) is 0.778. The number of hydrogen-bond donors (Lipinski definition) is 1. The molecule has 0 aromatic carbocycles. The van der Waals surface area contributed by atoms with Gasteiger partial charge in [-0.15, -0.1) is 10.2 Å². The third-order valence-corrected chi connectivity index (χ3v) is 4.39. The molecule has 1 N–H and O–H groups in total. The summed E-state index contributed by atoms with van der Waals surface area (Å²) in [4.78, 5) is 18.3. The number of rotatable bonds is 6. The Morgan fingerprint density at radius 2 is 2.12 bits per heavy atom. The van der Waals surface area contributed by atoms with Crippen molar-refractivity contribution >= 4 is 5.91 Å². The number of pyridine rings is 1. The van der Waals surface area contributed by atoms with Crippen LogP contribution in [-0.2, 0) is 24.8 Å². The monoisotopic (exact) mass is 328 g/mol. The van der Waals surface area contributed by atoms with E-state index in [0.717, 1.165) is 36.7 Å². The van der Waals surface area contributed by atoms with E-state index in [0.29, 0.717) is 12.3 Å². The first-order valence-electron chi connectivity index (χ1n) is 8.25. The summed E-state index contributed by atoms with van der Waals surface area (Å²) in [5.41, 5.74) is 0.799. The van der Waals surface area contributed by atoms with Gasteiger partial charge < -0.3 is 14.8 Å². The Kier molecular flexibility index (Phi) is 4.89. The van der Waals surface area contributed by atoms with Crippen LogP contribution in [0, 0.1) is 0 Å². The molecule has 0 spiro atoms. The average molecular weight is 328 g/mol. The second-order valence-electron chi connectivity index (χ2n) is 6.70. The van der Waals surface area contributed by atoms with E-state index in [-0.39, 0.29) is 11.9 Å². The first-order valence-corrected chi connectivity index (χ1v) is 8.25. The molecule has 1 aliphatic carbocycles. The minimum absolute atomic E-state index is 0.0309. The van der Waals surface area contributed by atoms with Crippen LogP contribution in [0.4, 0.5) is 0 Å². The van der Waals surface area contributed by atoms with E-state index in [4.69, 9.17) is 0 Å². The van der Waals surface area contributed by atoms with E-state index in [1.165, 1.54) is 0 Å². The van der Waals surface area contributed by atoms with Crippen LogP contribution in [0.25, 0.3) is 0 Å². The Balaban J connectivity index is 1.49. The lowest BCUT2D eigenvalue weighted by Gasteiger charge is -2.35. The second-order valence-corrected chi connectivity index (χ2v) is 6.70. The van der Waals surface area contributed by atoms with Gasteiger partial charge >= 0.3 is 0 Å². The molecule has 128 valence electrons. The van der Waals surface area contributed by atoms with Gasteiger partial charge in [-0.2, -0.15) is 0 Å². The van der Waals surface area contributed by atoms with E-state index < -0.39 is 0 Å². The second kappa shape index (κ2) is 7.09. The van der Waals surface area contributed by atoms with Gasteiger partial charge in [-0.25, -0.2) is 0 Å². The molecule has 1 saturated carbocycles. The van der Waals surface area contributed by atoms with E-state index >= 15 is 0 Å². The standard InChI is InChI=1S/C17H24N6O/c1-22(2)11-15-20-21-17(23(15)3)12-8-14(9-12)19-16(24)10-13-6-4-5-7-18-13/h4-7,12,14H,8-11H2,1-3H3,(H,19,24). The molecule has 24 heavy (non-hydrogen) atoms. The van der Waals surface area contributed by atoms with Crippen LogP contribution in [-0.4, -0.2) is 50.7 Å². The quantitative estimate of drug-likeness (QED) is 0.852. The predicted molar refractivity (Wildman–Crippen MR) is 90.2 cm³/mol. The normalized spacial score (nSPS) is 20.0. The molecule has 2 aromatic heterocycles. The molecule has 0 aliphatic heterocycles.